The highest BCUT2D eigenvalue weighted by Gasteiger charge is 2.20. The molecule has 0 saturated carbocycles. The summed E-state index contributed by atoms with van der Waals surface area (Å²) in [6, 6.07) is 5.48. The van der Waals surface area contributed by atoms with Gasteiger partial charge in [0.05, 0.1) is 0 Å². The van der Waals surface area contributed by atoms with Crippen LogP contribution in [-0.4, -0.2) is 19.9 Å². The molecule has 0 bridgehead atoms. The molecule has 0 radical (unpaired) electrons. The molecule has 2 heterocycles. The molecule has 5 nitrogen and oxygen atoms in total. The average molecular weight is 307 g/mol. The van der Waals surface area contributed by atoms with Crippen molar-refractivity contribution in [3.63, 3.8) is 0 Å². The molecule has 1 atom stereocenters. The lowest BCUT2D eigenvalue weighted by Crippen LogP contribution is -2.02. The Labute approximate surface area is 113 Å². The Morgan fingerprint density at radius 1 is 1.56 bits per heavy atom. The molecular weight excluding hydrogens is 296 g/mol. The Morgan fingerprint density at radius 3 is 2.94 bits per heavy atom. The molecule has 0 fully saturated rings. The fraction of sp³-hybridized carbons (Fsp3) is 0.250. The molecule has 18 heavy (non-hydrogen) atoms. The van der Waals surface area contributed by atoms with E-state index in [1.165, 1.54) is 0 Å². The minimum atomic E-state index is -0.914. The van der Waals surface area contributed by atoms with Crippen molar-refractivity contribution in [1.82, 2.24) is 14.8 Å². The van der Waals surface area contributed by atoms with E-state index >= 15 is 0 Å². The predicted molar refractivity (Wildman–Crippen MR) is 68.6 cm³/mol. The molecule has 0 saturated heterocycles. The zero-order valence-electron chi connectivity index (χ0n) is 9.71. The summed E-state index contributed by atoms with van der Waals surface area (Å²) in [5.41, 5.74) is 1.35. The van der Waals surface area contributed by atoms with Gasteiger partial charge in [0.1, 0.15) is 16.8 Å². The van der Waals surface area contributed by atoms with E-state index in [0.717, 1.165) is 0 Å². The molecule has 0 aliphatic carbocycles. The Morgan fingerprint density at radius 2 is 2.33 bits per heavy atom. The van der Waals surface area contributed by atoms with Crippen molar-refractivity contribution >= 4 is 15.9 Å². The van der Waals surface area contributed by atoms with E-state index in [2.05, 4.69) is 26.0 Å². The first-order valence-electron chi connectivity index (χ1n) is 5.43. The molecule has 0 aromatic carbocycles. The first-order chi connectivity index (χ1) is 8.67. The summed E-state index contributed by atoms with van der Waals surface area (Å²) in [5.74, 6) is 0. The molecule has 2 aromatic rings. The average Bonchev–Trinajstić information content (AvgIpc) is 2.82. The topological polar surface area (TPSA) is 74.7 Å². The van der Waals surface area contributed by atoms with Crippen LogP contribution >= 0.6 is 15.9 Å². The van der Waals surface area contributed by atoms with Gasteiger partial charge in [0.15, 0.2) is 5.69 Å². The molecular formula is C12H11BrN4O. The maximum Gasteiger partial charge on any atom is 0.168 e. The van der Waals surface area contributed by atoms with Crippen LogP contribution in [0.1, 0.15) is 29.8 Å². The van der Waals surface area contributed by atoms with Gasteiger partial charge in [-0.05, 0) is 28.9 Å². The Kier molecular flexibility index (Phi) is 3.75. The Bertz CT molecular complexity index is 602. The fourth-order valence-corrected chi connectivity index (χ4v) is 2.12. The standard InChI is InChI=1S/C12H11BrN4O/c1-2-17-7-9(10(6-14)16-17)11(18)8-4-3-5-15-12(8)13/h3-5,7,11,18H,2H2,1H3. The monoisotopic (exact) mass is 306 g/mol. The highest BCUT2D eigenvalue weighted by Crippen LogP contribution is 2.28. The lowest BCUT2D eigenvalue weighted by atomic mass is 10.0. The maximum atomic E-state index is 10.3. The first kappa shape index (κ1) is 12.7. The van der Waals surface area contributed by atoms with Crippen molar-refractivity contribution in [2.45, 2.75) is 19.6 Å². The number of hydrogen-bond acceptors (Lipinski definition) is 4. The molecule has 0 spiro atoms. The summed E-state index contributed by atoms with van der Waals surface area (Å²) in [5, 5.41) is 23.4. The number of aryl methyl sites for hydroxylation is 1. The molecule has 2 aromatic heterocycles. The van der Waals surface area contributed by atoms with Crippen molar-refractivity contribution in [3.05, 3.63) is 46.0 Å². The number of hydrogen-bond donors (Lipinski definition) is 1. The minimum Gasteiger partial charge on any atom is -0.383 e. The smallest absolute Gasteiger partial charge is 0.168 e. The zero-order valence-corrected chi connectivity index (χ0v) is 11.3. The van der Waals surface area contributed by atoms with Crippen molar-refractivity contribution < 1.29 is 5.11 Å². The second-order valence-corrected chi connectivity index (χ2v) is 4.44. The highest BCUT2D eigenvalue weighted by molar-refractivity contribution is 9.10. The first-order valence-corrected chi connectivity index (χ1v) is 6.22. The minimum absolute atomic E-state index is 0.236. The maximum absolute atomic E-state index is 10.3. The molecule has 0 aliphatic heterocycles. The third-order valence-corrected chi connectivity index (χ3v) is 3.26. The van der Waals surface area contributed by atoms with E-state index in [0.29, 0.717) is 22.3 Å². The van der Waals surface area contributed by atoms with E-state index in [9.17, 15) is 5.11 Å². The van der Waals surface area contributed by atoms with Crippen LogP contribution < -0.4 is 0 Å². The largest absolute Gasteiger partial charge is 0.383 e. The van der Waals surface area contributed by atoms with Crippen LogP contribution in [-0.2, 0) is 6.54 Å². The number of aliphatic hydroxyl groups is 1. The summed E-state index contributed by atoms with van der Waals surface area (Å²) in [6.07, 6.45) is 2.40. The molecule has 2 rings (SSSR count). The van der Waals surface area contributed by atoms with Crippen molar-refractivity contribution in [2.24, 2.45) is 0 Å². The highest BCUT2D eigenvalue weighted by atomic mass is 79.9. The number of aliphatic hydroxyl groups excluding tert-OH is 1. The number of nitrogens with zero attached hydrogens (tertiary/aromatic N) is 4. The number of halogens is 1. The quantitative estimate of drug-likeness (QED) is 0.880. The van der Waals surface area contributed by atoms with Gasteiger partial charge >= 0.3 is 0 Å². The van der Waals surface area contributed by atoms with Crippen molar-refractivity contribution in [1.29, 1.82) is 5.26 Å². The van der Waals surface area contributed by atoms with Gasteiger partial charge in [-0.3, -0.25) is 4.68 Å². The van der Waals surface area contributed by atoms with Gasteiger partial charge in [-0.15, -0.1) is 0 Å². The van der Waals surface area contributed by atoms with Crippen molar-refractivity contribution in [3.8, 4) is 6.07 Å². The summed E-state index contributed by atoms with van der Waals surface area (Å²) >= 11 is 3.28. The number of nitriles is 1. The van der Waals surface area contributed by atoms with E-state index in [1.807, 2.05) is 13.0 Å². The van der Waals surface area contributed by atoms with Gasteiger partial charge in [0, 0.05) is 30.1 Å². The van der Waals surface area contributed by atoms with Crippen LogP contribution in [0.4, 0.5) is 0 Å². The lowest BCUT2D eigenvalue weighted by molar-refractivity contribution is 0.218. The van der Waals surface area contributed by atoms with Crippen LogP contribution in [0.3, 0.4) is 0 Å². The summed E-state index contributed by atoms with van der Waals surface area (Å²) in [4.78, 5) is 4.05. The fourth-order valence-electron chi connectivity index (χ4n) is 1.66. The van der Waals surface area contributed by atoms with E-state index in [-0.39, 0.29) is 5.69 Å². The molecule has 0 aliphatic rings. The Balaban J connectivity index is 2.46. The Hall–Kier alpha value is -1.71. The van der Waals surface area contributed by atoms with Crippen LogP contribution in [0.2, 0.25) is 0 Å². The van der Waals surface area contributed by atoms with Gasteiger partial charge < -0.3 is 5.11 Å². The van der Waals surface area contributed by atoms with E-state index in [4.69, 9.17) is 5.26 Å². The second-order valence-electron chi connectivity index (χ2n) is 3.69. The SMILES string of the molecule is CCn1cc(C(O)c2cccnc2Br)c(C#N)n1. The van der Waals surface area contributed by atoms with Crippen LogP contribution in [0.5, 0.6) is 0 Å². The molecule has 92 valence electrons. The van der Waals surface area contributed by atoms with Gasteiger partial charge in [-0.25, -0.2) is 4.98 Å². The van der Waals surface area contributed by atoms with Crippen LogP contribution in [0, 0.1) is 11.3 Å². The van der Waals surface area contributed by atoms with Crippen LogP contribution in [0.25, 0.3) is 0 Å². The van der Waals surface area contributed by atoms with Gasteiger partial charge in [-0.1, -0.05) is 6.07 Å². The summed E-state index contributed by atoms with van der Waals surface area (Å²) in [6.45, 7) is 2.57. The number of rotatable bonds is 3. The van der Waals surface area contributed by atoms with Crippen LogP contribution in [0.15, 0.2) is 29.1 Å². The number of aromatic nitrogens is 3. The molecule has 0 amide bonds. The normalized spacial score (nSPS) is 12.1. The lowest BCUT2D eigenvalue weighted by Gasteiger charge is -2.10. The van der Waals surface area contributed by atoms with Gasteiger partial charge in [-0.2, -0.15) is 10.4 Å². The number of pyridine rings is 1. The summed E-state index contributed by atoms with van der Waals surface area (Å²) in [7, 11) is 0. The summed E-state index contributed by atoms with van der Waals surface area (Å²) < 4.78 is 2.19. The molecule has 1 unspecified atom stereocenters. The van der Waals surface area contributed by atoms with Gasteiger partial charge in [0.25, 0.3) is 0 Å². The third kappa shape index (κ3) is 2.28. The zero-order chi connectivity index (χ0) is 13.1. The van der Waals surface area contributed by atoms with E-state index < -0.39 is 6.10 Å². The van der Waals surface area contributed by atoms with Gasteiger partial charge in [0.2, 0.25) is 0 Å². The molecule has 1 N–H and O–H groups in total. The third-order valence-electron chi connectivity index (χ3n) is 2.60. The second kappa shape index (κ2) is 5.29. The molecule has 6 heteroatoms. The van der Waals surface area contributed by atoms with E-state index in [1.54, 1.807) is 29.2 Å². The van der Waals surface area contributed by atoms with Crippen molar-refractivity contribution in [2.75, 3.05) is 0 Å². The predicted octanol–water partition coefficient (Wildman–Crippen LogP) is 2.01.